The number of hydrogen-bond donors (Lipinski definition) is 2. The van der Waals surface area contributed by atoms with Gasteiger partial charge < -0.3 is 15.2 Å². The third kappa shape index (κ3) is 3.41. The van der Waals surface area contributed by atoms with E-state index in [9.17, 15) is 9.59 Å². The zero-order valence-corrected chi connectivity index (χ0v) is 15.2. The maximum Gasteiger partial charge on any atom is 0.251 e. The van der Waals surface area contributed by atoms with Gasteiger partial charge in [-0.15, -0.1) is 0 Å². The lowest BCUT2D eigenvalue weighted by atomic mass is 9.79. The van der Waals surface area contributed by atoms with Crippen molar-refractivity contribution in [3.63, 3.8) is 0 Å². The number of nitrogens with one attached hydrogen (secondary N) is 2. The van der Waals surface area contributed by atoms with E-state index in [0.717, 1.165) is 30.8 Å². The Kier molecular flexibility index (Phi) is 4.83. The minimum absolute atomic E-state index is 0.00285. The molecule has 1 saturated heterocycles. The highest BCUT2D eigenvalue weighted by Gasteiger charge is 2.37. The lowest BCUT2D eigenvalue weighted by Gasteiger charge is -2.43. The van der Waals surface area contributed by atoms with Gasteiger partial charge in [0.1, 0.15) is 0 Å². The summed E-state index contributed by atoms with van der Waals surface area (Å²) in [6, 6.07) is 12.8. The number of benzene rings is 1. The van der Waals surface area contributed by atoms with Gasteiger partial charge in [-0.3, -0.25) is 9.59 Å². The molecule has 3 atom stereocenters. The van der Waals surface area contributed by atoms with Crippen molar-refractivity contribution in [2.75, 3.05) is 19.6 Å². The van der Waals surface area contributed by atoms with Crippen LogP contribution in [-0.2, 0) is 11.2 Å². The number of hydrogen-bond acceptors (Lipinski definition) is 3. The van der Waals surface area contributed by atoms with Crippen LogP contribution in [0.1, 0.15) is 29.6 Å². The lowest BCUT2D eigenvalue weighted by molar-refractivity contribution is -0.120. The number of rotatable bonds is 4. The molecule has 136 valence electrons. The number of aromatic nitrogens is 1. The topological polar surface area (TPSA) is 63.1 Å². The SMILES string of the molecule is O=C(Cc1ccc(Cl)cc1)NC[C@H]1[C@@H]2CNC[C@@H](C2)c2cccc(=O)n21. The van der Waals surface area contributed by atoms with Crippen LogP contribution in [0.15, 0.2) is 47.3 Å². The molecule has 0 saturated carbocycles. The number of carbonyl (C=O) groups excluding carboxylic acids is 1. The molecule has 4 rings (SSSR count). The van der Waals surface area contributed by atoms with Crippen LogP contribution in [-0.4, -0.2) is 30.1 Å². The molecule has 1 fully saturated rings. The summed E-state index contributed by atoms with van der Waals surface area (Å²) >= 11 is 5.88. The van der Waals surface area contributed by atoms with E-state index in [2.05, 4.69) is 10.6 Å². The predicted molar refractivity (Wildman–Crippen MR) is 102 cm³/mol. The average Bonchev–Trinajstić information content (AvgIpc) is 2.64. The maximum absolute atomic E-state index is 12.5. The first-order chi connectivity index (χ1) is 12.6. The Labute approximate surface area is 157 Å². The first-order valence-electron chi connectivity index (χ1n) is 9.05. The maximum atomic E-state index is 12.5. The van der Waals surface area contributed by atoms with Crippen molar-refractivity contribution in [1.29, 1.82) is 0 Å². The molecule has 2 aliphatic rings. The fraction of sp³-hybridized carbons (Fsp3) is 0.400. The van der Waals surface area contributed by atoms with Crippen LogP contribution in [0.4, 0.5) is 0 Å². The van der Waals surface area contributed by atoms with Gasteiger partial charge in [-0.2, -0.15) is 0 Å². The van der Waals surface area contributed by atoms with Crippen LogP contribution in [0.2, 0.25) is 5.02 Å². The average molecular weight is 372 g/mol. The Morgan fingerprint density at radius 3 is 2.81 bits per heavy atom. The molecule has 2 bridgehead atoms. The molecular weight excluding hydrogens is 350 g/mol. The van der Waals surface area contributed by atoms with Crippen molar-refractivity contribution < 1.29 is 4.79 Å². The van der Waals surface area contributed by atoms with Gasteiger partial charge in [0.05, 0.1) is 12.5 Å². The molecule has 26 heavy (non-hydrogen) atoms. The second kappa shape index (κ2) is 7.25. The van der Waals surface area contributed by atoms with Crippen molar-refractivity contribution in [1.82, 2.24) is 15.2 Å². The highest BCUT2D eigenvalue weighted by Crippen LogP contribution is 2.38. The number of nitrogens with zero attached hydrogens (tertiary/aromatic N) is 1. The van der Waals surface area contributed by atoms with E-state index < -0.39 is 0 Å². The molecule has 1 aromatic heterocycles. The van der Waals surface area contributed by atoms with Gasteiger partial charge in [-0.05, 0) is 36.1 Å². The van der Waals surface area contributed by atoms with Gasteiger partial charge >= 0.3 is 0 Å². The van der Waals surface area contributed by atoms with Crippen LogP contribution in [0, 0.1) is 5.92 Å². The van der Waals surface area contributed by atoms with Crippen LogP contribution < -0.4 is 16.2 Å². The summed E-state index contributed by atoms with van der Waals surface area (Å²) in [6.07, 6.45) is 1.38. The molecular formula is C20H22ClN3O2. The molecule has 2 aliphatic heterocycles. The van der Waals surface area contributed by atoms with Gasteiger partial charge in [0.2, 0.25) is 5.91 Å². The molecule has 2 N–H and O–H groups in total. The number of carbonyl (C=O) groups is 1. The van der Waals surface area contributed by atoms with Crippen molar-refractivity contribution in [3.8, 4) is 0 Å². The Balaban J connectivity index is 1.49. The van der Waals surface area contributed by atoms with Crippen molar-refractivity contribution in [2.24, 2.45) is 5.92 Å². The number of amides is 1. The third-order valence-corrected chi connectivity index (χ3v) is 5.74. The van der Waals surface area contributed by atoms with Gasteiger partial charge in [0.15, 0.2) is 0 Å². The molecule has 0 spiro atoms. The fourth-order valence-corrected chi connectivity index (χ4v) is 4.36. The standard InChI is InChI=1S/C20H22ClN3O2/c21-16-6-4-13(5-7-16)8-19(25)23-12-18-15-9-14(10-22-11-15)17-2-1-3-20(26)24(17)18/h1-7,14-15,18,22H,8-12H2,(H,23,25)/t14-,15+,18+/m1/s1. The van der Waals surface area contributed by atoms with E-state index in [4.69, 9.17) is 11.6 Å². The molecule has 0 radical (unpaired) electrons. The monoisotopic (exact) mass is 371 g/mol. The summed E-state index contributed by atoms with van der Waals surface area (Å²) in [6.45, 7) is 2.27. The summed E-state index contributed by atoms with van der Waals surface area (Å²) in [5.74, 6) is 0.699. The fourth-order valence-electron chi connectivity index (χ4n) is 4.24. The van der Waals surface area contributed by atoms with Gasteiger partial charge in [0, 0.05) is 42.3 Å². The summed E-state index contributed by atoms with van der Waals surface area (Å²) in [5.41, 5.74) is 2.03. The Morgan fingerprint density at radius 2 is 2.00 bits per heavy atom. The lowest BCUT2D eigenvalue weighted by Crippen LogP contribution is -2.50. The van der Waals surface area contributed by atoms with Gasteiger partial charge in [0.25, 0.3) is 5.56 Å². The minimum Gasteiger partial charge on any atom is -0.354 e. The van der Waals surface area contributed by atoms with E-state index in [1.54, 1.807) is 18.2 Å². The van der Waals surface area contributed by atoms with E-state index in [1.165, 1.54) is 0 Å². The van der Waals surface area contributed by atoms with Crippen molar-refractivity contribution in [2.45, 2.75) is 24.8 Å². The molecule has 6 heteroatoms. The Morgan fingerprint density at radius 1 is 1.19 bits per heavy atom. The number of pyridine rings is 1. The van der Waals surface area contributed by atoms with Crippen LogP contribution in [0.25, 0.3) is 0 Å². The molecule has 0 aliphatic carbocycles. The predicted octanol–water partition coefficient (Wildman–Crippen LogP) is 2.11. The summed E-state index contributed by atoms with van der Waals surface area (Å²) < 4.78 is 1.91. The molecule has 1 aromatic carbocycles. The molecule has 2 aromatic rings. The first-order valence-corrected chi connectivity index (χ1v) is 9.43. The van der Waals surface area contributed by atoms with Gasteiger partial charge in [-0.1, -0.05) is 29.8 Å². The smallest absolute Gasteiger partial charge is 0.251 e. The highest BCUT2D eigenvalue weighted by molar-refractivity contribution is 6.30. The van der Waals surface area contributed by atoms with Crippen molar-refractivity contribution in [3.05, 3.63) is 69.1 Å². The van der Waals surface area contributed by atoms with Crippen LogP contribution >= 0.6 is 11.6 Å². The van der Waals surface area contributed by atoms with Crippen LogP contribution in [0.5, 0.6) is 0 Å². The summed E-state index contributed by atoms with van der Waals surface area (Å²) in [4.78, 5) is 24.9. The second-order valence-electron chi connectivity index (χ2n) is 7.18. The van der Waals surface area contributed by atoms with E-state index in [0.29, 0.717) is 29.8 Å². The molecule has 0 unspecified atom stereocenters. The molecule has 3 heterocycles. The van der Waals surface area contributed by atoms with E-state index in [1.807, 2.05) is 28.8 Å². The Bertz CT molecular complexity index is 862. The van der Waals surface area contributed by atoms with E-state index in [-0.39, 0.29) is 17.5 Å². The normalized spacial score (nSPS) is 24.0. The first kappa shape index (κ1) is 17.3. The summed E-state index contributed by atoms with van der Waals surface area (Å²) in [7, 11) is 0. The molecule has 5 nitrogen and oxygen atoms in total. The zero-order chi connectivity index (χ0) is 18.1. The quantitative estimate of drug-likeness (QED) is 0.865. The minimum atomic E-state index is -0.0382. The van der Waals surface area contributed by atoms with E-state index >= 15 is 0 Å². The second-order valence-corrected chi connectivity index (χ2v) is 7.62. The van der Waals surface area contributed by atoms with Crippen molar-refractivity contribution >= 4 is 17.5 Å². The number of fused-ring (bicyclic) bond motifs is 4. The summed E-state index contributed by atoms with van der Waals surface area (Å²) in [5, 5.41) is 7.16. The largest absolute Gasteiger partial charge is 0.354 e. The number of piperidine rings is 1. The number of halogens is 1. The van der Waals surface area contributed by atoms with Gasteiger partial charge in [-0.25, -0.2) is 0 Å². The third-order valence-electron chi connectivity index (χ3n) is 5.49. The molecule has 1 amide bonds. The highest BCUT2D eigenvalue weighted by atomic mass is 35.5. The zero-order valence-electron chi connectivity index (χ0n) is 14.5. The van der Waals surface area contributed by atoms with Crippen LogP contribution in [0.3, 0.4) is 0 Å². The Hall–Kier alpha value is -2.11.